The highest BCUT2D eigenvalue weighted by molar-refractivity contribution is 7.46. The van der Waals surface area contributed by atoms with Gasteiger partial charge in [0.1, 0.15) is 11.9 Å². The second-order valence-corrected chi connectivity index (χ2v) is 5.71. The molecule has 22 heavy (non-hydrogen) atoms. The molecule has 1 fully saturated rings. The minimum Gasteiger partial charge on any atom is -0.384 e. The van der Waals surface area contributed by atoms with Crippen LogP contribution >= 0.6 is 7.82 Å². The quantitative estimate of drug-likeness (QED) is 0.389. The number of hydrogen-bond donors (Lipinski definition) is 4. The molecule has 0 unspecified atom stereocenters. The number of phosphoric ester groups is 1. The summed E-state index contributed by atoms with van der Waals surface area (Å²) < 4.78 is 47.8. The maximum absolute atomic E-state index is 14.0. The van der Waals surface area contributed by atoms with Crippen LogP contribution in [0.4, 0.5) is 14.6 Å². The van der Waals surface area contributed by atoms with Crippen molar-refractivity contribution < 1.29 is 37.5 Å². The molecule has 0 saturated carbocycles. The van der Waals surface area contributed by atoms with Gasteiger partial charge in [-0.2, -0.15) is 13.8 Å². The molecular formula is C9H12F2N3O7P. The third-order valence-electron chi connectivity index (χ3n) is 2.89. The number of nitrogen functional groups attached to an aromatic ring is 1. The van der Waals surface area contributed by atoms with E-state index in [2.05, 4.69) is 9.51 Å². The highest BCUT2D eigenvalue weighted by atomic mass is 31.2. The van der Waals surface area contributed by atoms with Crippen LogP contribution in [0.3, 0.4) is 0 Å². The number of alkyl halides is 2. The van der Waals surface area contributed by atoms with Crippen LogP contribution in [0.2, 0.25) is 0 Å². The Kier molecular flexibility index (Phi) is 4.35. The van der Waals surface area contributed by atoms with E-state index in [-0.39, 0.29) is 5.82 Å². The van der Waals surface area contributed by atoms with Crippen LogP contribution in [0.5, 0.6) is 0 Å². The largest absolute Gasteiger partial charge is 0.469 e. The Bertz CT molecular complexity index is 663. The van der Waals surface area contributed by atoms with E-state index in [1.807, 2.05) is 0 Å². The minimum atomic E-state index is -4.93. The number of anilines is 1. The second kappa shape index (κ2) is 5.65. The Hall–Kier alpha value is -1.43. The van der Waals surface area contributed by atoms with Gasteiger partial charge in [0.25, 0.3) is 0 Å². The zero-order valence-corrected chi connectivity index (χ0v) is 11.6. The van der Waals surface area contributed by atoms with Crippen molar-refractivity contribution in [2.75, 3.05) is 12.3 Å². The van der Waals surface area contributed by atoms with Gasteiger partial charge < -0.3 is 25.4 Å². The van der Waals surface area contributed by atoms with Gasteiger partial charge in [0.15, 0.2) is 6.10 Å². The van der Waals surface area contributed by atoms with E-state index in [1.54, 1.807) is 0 Å². The smallest absolute Gasteiger partial charge is 0.384 e. The first-order valence-electron chi connectivity index (χ1n) is 5.78. The maximum atomic E-state index is 14.0. The Labute approximate surface area is 121 Å². The van der Waals surface area contributed by atoms with Gasteiger partial charge in [-0.15, -0.1) is 0 Å². The van der Waals surface area contributed by atoms with Crippen molar-refractivity contribution in [1.82, 2.24) is 9.55 Å². The Morgan fingerprint density at radius 1 is 1.55 bits per heavy atom. The molecule has 3 atom stereocenters. The van der Waals surface area contributed by atoms with Crippen molar-refractivity contribution in [1.29, 1.82) is 0 Å². The molecule has 0 amide bonds. The van der Waals surface area contributed by atoms with Crippen LogP contribution < -0.4 is 11.4 Å². The van der Waals surface area contributed by atoms with Crippen LogP contribution in [-0.2, 0) is 13.8 Å². The second-order valence-electron chi connectivity index (χ2n) is 4.47. The monoisotopic (exact) mass is 346 g/mol. The number of nitrogens with two attached hydrogens (primary N) is 1. The number of aliphatic hydroxyl groups is 1. The molecule has 1 aliphatic rings. The molecule has 0 aliphatic carbocycles. The average Bonchev–Trinajstić information content (AvgIpc) is 2.59. The molecule has 1 aliphatic heterocycles. The lowest BCUT2D eigenvalue weighted by atomic mass is 10.1. The first kappa shape index (κ1) is 16.9. The predicted molar refractivity (Wildman–Crippen MR) is 65.8 cm³/mol. The van der Waals surface area contributed by atoms with Crippen molar-refractivity contribution in [3.63, 3.8) is 0 Å². The molecule has 0 aromatic carbocycles. The van der Waals surface area contributed by atoms with Gasteiger partial charge in [0.2, 0.25) is 6.23 Å². The van der Waals surface area contributed by atoms with Gasteiger partial charge in [-0.25, -0.2) is 9.36 Å². The molecule has 1 aromatic rings. The lowest BCUT2D eigenvalue weighted by Gasteiger charge is -2.20. The number of phosphoric acid groups is 1. The molecule has 0 spiro atoms. The van der Waals surface area contributed by atoms with Gasteiger partial charge in [-0.1, -0.05) is 0 Å². The standard InChI is InChI=1S/C9H12F2N3O7P/c10-9(11)6(15)4(3-20-22(17,18)19)21-7(9)14-2-1-5(12)13-8(14)16/h1-2,4,6-7,15H,3H2,(H2,12,13,16)(H2,17,18,19)/t4-,6-,7-/m1/s1/i12+1,13+1,14+1. The molecule has 2 rings (SSSR count). The molecule has 0 bridgehead atoms. The average molecular weight is 346 g/mol. The maximum Gasteiger partial charge on any atom is 0.469 e. The molecule has 0 radical (unpaired) electrons. The van der Waals surface area contributed by atoms with Gasteiger partial charge in [-0.3, -0.25) is 9.09 Å². The SMILES string of the molecule is [15NH2]c1cc[15n]([C@@H]2O[C@H](COP(=O)(O)O)[C@@H](O)C2(F)F)c(=O)[15n]1. The molecule has 13 heteroatoms. The number of aromatic nitrogens is 2. The topological polar surface area (TPSA) is 157 Å². The number of nitrogens with zero attached hydrogens (tertiary/aromatic N) is 2. The summed E-state index contributed by atoms with van der Waals surface area (Å²) in [6.07, 6.45) is -5.50. The van der Waals surface area contributed by atoms with E-state index < -0.39 is 44.5 Å². The lowest BCUT2D eigenvalue weighted by molar-refractivity contribution is -0.140. The van der Waals surface area contributed by atoms with Crippen LogP contribution in [0.15, 0.2) is 17.1 Å². The highest BCUT2D eigenvalue weighted by Gasteiger charge is 2.60. The number of hydrogen-bond acceptors (Lipinski definition) is 7. The molecule has 1 aromatic heterocycles. The first-order chi connectivity index (χ1) is 10.0. The summed E-state index contributed by atoms with van der Waals surface area (Å²) in [5.41, 5.74) is 4.10. The third kappa shape index (κ3) is 3.32. The van der Waals surface area contributed by atoms with Crippen molar-refractivity contribution in [2.24, 2.45) is 0 Å². The Morgan fingerprint density at radius 3 is 2.73 bits per heavy atom. The summed E-state index contributed by atoms with van der Waals surface area (Å²) in [7, 11) is -4.93. The predicted octanol–water partition coefficient (Wildman–Crippen LogP) is -1.17. The molecule has 124 valence electrons. The highest BCUT2D eigenvalue weighted by Crippen LogP contribution is 2.44. The summed E-state index contributed by atoms with van der Waals surface area (Å²) in [5.74, 6) is -4.10. The van der Waals surface area contributed by atoms with Crippen LogP contribution in [-0.4, -0.2) is 49.2 Å². The fraction of sp³-hybridized carbons (Fsp3) is 0.556. The van der Waals surface area contributed by atoms with Gasteiger partial charge in [0.05, 0.1) is 6.61 Å². The van der Waals surface area contributed by atoms with E-state index in [4.69, 9.17) is 20.3 Å². The van der Waals surface area contributed by atoms with E-state index >= 15 is 0 Å². The fourth-order valence-electron chi connectivity index (χ4n) is 1.88. The van der Waals surface area contributed by atoms with Crippen molar-refractivity contribution in [3.05, 3.63) is 22.7 Å². The number of aliphatic hydroxyl groups excluding tert-OH is 1. The molecule has 2 heterocycles. The minimum absolute atomic E-state index is 0.190. The zero-order valence-electron chi connectivity index (χ0n) is 10.7. The number of ether oxygens (including phenoxy) is 1. The van der Waals surface area contributed by atoms with E-state index in [1.165, 1.54) is 0 Å². The molecule has 10 nitrogen and oxygen atoms in total. The first-order valence-corrected chi connectivity index (χ1v) is 7.31. The van der Waals surface area contributed by atoms with Crippen LogP contribution in [0.1, 0.15) is 6.23 Å². The van der Waals surface area contributed by atoms with E-state index in [0.29, 0.717) is 4.57 Å². The fourth-order valence-corrected chi connectivity index (χ4v) is 2.22. The summed E-state index contributed by atoms with van der Waals surface area (Å²) in [4.78, 5) is 31.9. The third-order valence-corrected chi connectivity index (χ3v) is 3.38. The number of rotatable bonds is 4. The normalized spacial score (nSPS) is 28.0. The molecular weight excluding hydrogens is 334 g/mol. The zero-order chi connectivity index (χ0) is 16.7. The van der Waals surface area contributed by atoms with Gasteiger partial charge in [-0.05, 0) is 6.07 Å². The van der Waals surface area contributed by atoms with Gasteiger partial charge in [0, 0.05) is 6.20 Å². The van der Waals surface area contributed by atoms with Crippen molar-refractivity contribution in [3.8, 4) is 0 Å². The van der Waals surface area contributed by atoms with Crippen molar-refractivity contribution >= 4 is 13.6 Å². The molecule has 5 N–H and O–H groups in total. The van der Waals surface area contributed by atoms with Crippen molar-refractivity contribution in [2.45, 2.75) is 24.4 Å². The van der Waals surface area contributed by atoms with Gasteiger partial charge >= 0.3 is 19.4 Å². The van der Waals surface area contributed by atoms with E-state index in [0.717, 1.165) is 12.3 Å². The van der Waals surface area contributed by atoms with E-state index in [9.17, 15) is 23.2 Å². The molecule has 1 saturated heterocycles. The van der Waals surface area contributed by atoms with Crippen LogP contribution in [0, 0.1) is 0 Å². The summed E-state index contributed by atoms with van der Waals surface area (Å²) in [6, 6.07) is 1.08. The lowest BCUT2D eigenvalue weighted by Crippen LogP contribution is -2.41. The summed E-state index contributed by atoms with van der Waals surface area (Å²) >= 11 is 0. The summed E-state index contributed by atoms with van der Waals surface area (Å²) in [6.45, 7) is -0.991. The number of halogens is 2. The Balaban J connectivity index is 2.26. The Morgan fingerprint density at radius 2 is 2.18 bits per heavy atom. The van der Waals surface area contributed by atoms with Crippen LogP contribution in [0.25, 0.3) is 0 Å². The summed E-state index contributed by atoms with van der Waals surface area (Å²) in [5, 5.41) is 9.52.